The summed E-state index contributed by atoms with van der Waals surface area (Å²) in [5.41, 5.74) is 8.21. The normalized spacial score (nSPS) is 12.2. The van der Waals surface area contributed by atoms with Crippen molar-refractivity contribution in [3.63, 3.8) is 0 Å². The highest BCUT2D eigenvalue weighted by atomic mass is 16.5. The number of aliphatic carboxylic acids is 1. The molecule has 2 aromatic rings. The fraction of sp³-hybridized carbons (Fsp3) is 0.167. The molecule has 3 N–H and O–H groups in total. The largest absolute Gasteiger partial charge is 0.479 e. The van der Waals surface area contributed by atoms with Crippen molar-refractivity contribution in [2.45, 2.75) is 19.4 Å². The van der Waals surface area contributed by atoms with Crippen LogP contribution < -0.4 is 10.5 Å². The molecule has 0 aromatic heterocycles. The van der Waals surface area contributed by atoms with Crippen LogP contribution in [0.2, 0.25) is 0 Å². The summed E-state index contributed by atoms with van der Waals surface area (Å²) in [5.74, 6) is -0.400. The van der Waals surface area contributed by atoms with Gasteiger partial charge in [0, 0.05) is 11.3 Å². The number of benzene rings is 2. The van der Waals surface area contributed by atoms with Gasteiger partial charge in [-0.25, -0.2) is 4.79 Å². The lowest BCUT2D eigenvalue weighted by atomic mass is 10.1. The summed E-state index contributed by atoms with van der Waals surface area (Å²) < 4.78 is 5.59. The molecule has 0 fully saturated rings. The molecule has 0 spiro atoms. The van der Waals surface area contributed by atoms with Crippen LogP contribution in [-0.4, -0.2) is 17.2 Å². The smallest absolute Gasteiger partial charge is 0.344 e. The van der Waals surface area contributed by atoms with Gasteiger partial charge in [-0.2, -0.15) is 0 Å². The molecule has 0 radical (unpaired) electrons. The van der Waals surface area contributed by atoms with Gasteiger partial charge in [-0.1, -0.05) is 49.4 Å². The first-order chi connectivity index (χ1) is 10.6. The van der Waals surface area contributed by atoms with Gasteiger partial charge in [0.05, 0.1) is 0 Å². The minimum absolute atomic E-state index is 0.408. The van der Waals surface area contributed by atoms with E-state index in [1.807, 2.05) is 54.6 Å². The highest BCUT2D eigenvalue weighted by molar-refractivity contribution is 5.75. The topological polar surface area (TPSA) is 72.5 Å². The second-order valence-corrected chi connectivity index (χ2v) is 4.89. The van der Waals surface area contributed by atoms with Crippen molar-refractivity contribution >= 4 is 23.8 Å². The Morgan fingerprint density at radius 3 is 2.50 bits per heavy atom. The van der Waals surface area contributed by atoms with Gasteiger partial charge in [-0.15, -0.1) is 0 Å². The molecule has 2 rings (SSSR count). The predicted molar refractivity (Wildman–Crippen MR) is 88.6 cm³/mol. The van der Waals surface area contributed by atoms with Crippen LogP contribution in [0.15, 0.2) is 48.5 Å². The van der Waals surface area contributed by atoms with Gasteiger partial charge in [-0.3, -0.25) is 0 Å². The minimum atomic E-state index is -0.959. The Kier molecular flexibility index (Phi) is 5.20. The van der Waals surface area contributed by atoms with Crippen molar-refractivity contribution in [3.8, 4) is 5.75 Å². The van der Waals surface area contributed by atoms with Crippen molar-refractivity contribution in [3.05, 3.63) is 59.7 Å². The Bertz CT molecular complexity index is 662. The predicted octanol–water partition coefficient (Wildman–Crippen LogP) is 3.68. The average molecular weight is 297 g/mol. The Morgan fingerprint density at radius 1 is 1.18 bits per heavy atom. The second kappa shape index (κ2) is 7.31. The molecule has 0 aliphatic rings. The maximum atomic E-state index is 11.1. The van der Waals surface area contributed by atoms with E-state index < -0.39 is 12.1 Å². The van der Waals surface area contributed by atoms with Crippen molar-refractivity contribution in [1.29, 1.82) is 0 Å². The van der Waals surface area contributed by atoms with E-state index in [0.717, 1.165) is 11.1 Å². The number of ether oxygens (including phenoxy) is 1. The van der Waals surface area contributed by atoms with Gasteiger partial charge in [0.2, 0.25) is 0 Å². The van der Waals surface area contributed by atoms with Crippen LogP contribution in [0.1, 0.15) is 24.5 Å². The summed E-state index contributed by atoms with van der Waals surface area (Å²) in [7, 11) is 0. The Labute approximate surface area is 129 Å². The number of anilines is 1. The first kappa shape index (κ1) is 15.6. The fourth-order valence-electron chi connectivity index (χ4n) is 1.98. The highest BCUT2D eigenvalue weighted by Gasteiger charge is 2.17. The molecule has 0 bridgehead atoms. The van der Waals surface area contributed by atoms with Gasteiger partial charge in [0.15, 0.2) is 6.10 Å². The highest BCUT2D eigenvalue weighted by Crippen LogP contribution is 2.23. The molecule has 1 unspecified atom stereocenters. The molecule has 2 aromatic carbocycles. The van der Waals surface area contributed by atoms with Crippen LogP contribution in [0.4, 0.5) is 5.69 Å². The van der Waals surface area contributed by atoms with Crippen LogP contribution in [0.25, 0.3) is 12.2 Å². The number of para-hydroxylation sites is 1. The van der Waals surface area contributed by atoms with Crippen LogP contribution in [0.5, 0.6) is 5.75 Å². The SMILES string of the molecule is CCC(Oc1ccccc1/C=C\c1ccc(N)cc1)C(=O)O. The van der Waals surface area contributed by atoms with Gasteiger partial charge in [0.1, 0.15) is 5.75 Å². The fourth-order valence-corrected chi connectivity index (χ4v) is 1.98. The average Bonchev–Trinajstić information content (AvgIpc) is 2.52. The summed E-state index contributed by atoms with van der Waals surface area (Å²) in [6.07, 6.45) is 3.40. The zero-order chi connectivity index (χ0) is 15.9. The van der Waals surface area contributed by atoms with Crippen LogP contribution >= 0.6 is 0 Å². The number of carboxylic acids is 1. The summed E-state index contributed by atoms with van der Waals surface area (Å²) in [4.78, 5) is 11.1. The molecule has 4 heteroatoms. The Hall–Kier alpha value is -2.75. The van der Waals surface area contributed by atoms with Crippen molar-refractivity contribution in [2.75, 3.05) is 5.73 Å². The zero-order valence-electron chi connectivity index (χ0n) is 12.4. The number of nitrogen functional groups attached to an aromatic ring is 1. The monoisotopic (exact) mass is 297 g/mol. The summed E-state index contributed by atoms with van der Waals surface area (Å²) in [6, 6.07) is 14.9. The minimum Gasteiger partial charge on any atom is -0.479 e. The second-order valence-electron chi connectivity index (χ2n) is 4.89. The lowest BCUT2D eigenvalue weighted by Gasteiger charge is -2.15. The molecule has 0 heterocycles. The third-order valence-corrected chi connectivity index (χ3v) is 3.23. The standard InChI is InChI=1S/C18H19NO3/c1-2-16(18(20)21)22-17-6-4-3-5-14(17)10-7-13-8-11-15(19)12-9-13/h3-12,16H,2,19H2,1H3,(H,20,21)/b10-7-. The van der Waals surface area contributed by atoms with Gasteiger partial charge in [-0.05, 0) is 30.2 Å². The van der Waals surface area contributed by atoms with Crippen molar-refractivity contribution in [2.24, 2.45) is 0 Å². The molecular weight excluding hydrogens is 278 g/mol. The van der Waals surface area contributed by atoms with Gasteiger partial charge in [0.25, 0.3) is 0 Å². The molecule has 22 heavy (non-hydrogen) atoms. The van der Waals surface area contributed by atoms with E-state index in [-0.39, 0.29) is 0 Å². The number of nitrogens with two attached hydrogens (primary N) is 1. The van der Waals surface area contributed by atoms with E-state index in [4.69, 9.17) is 15.6 Å². The van der Waals surface area contributed by atoms with Crippen LogP contribution in [-0.2, 0) is 4.79 Å². The molecular formula is C18H19NO3. The van der Waals surface area contributed by atoms with Crippen LogP contribution in [0.3, 0.4) is 0 Å². The summed E-state index contributed by atoms with van der Waals surface area (Å²) in [5, 5.41) is 9.10. The quantitative estimate of drug-likeness (QED) is 0.630. The van der Waals surface area contributed by atoms with E-state index in [9.17, 15) is 4.79 Å². The molecule has 0 amide bonds. The maximum absolute atomic E-state index is 11.1. The first-order valence-corrected chi connectivity index (χ1v) is 7.12. The summed E-state index contributed by atoms with van der Waals surface area (Å²) in [6.45, 7) is 1.78. The number of hydrogen-bond acceptors (Lipinski definition) is 3. The first-order valence-electron chi connectivity index (χ1n) is 7.12. The Morgan fingerprint density at radius 2 is 1.86 bits per heavy atom. The molecule has 4 nitrogen and oxygen atoms in total. The number of rotatable bonds is 6. The van der Waals surface area contributed by atoms with Gasteiger partial charge < -0.3 is 15.6 Å². The lowest BCUT2D eigenvalue weighted by molar-refractivity contribution is -0.145. The van der Waals surface area contributed by atoms with E-state index >= 15 is 0 Å². The number of carboxylic acid groups (broad SMARTS) is 1. The number of carbonyl (C=O) groups is 1. The molecule has 1 atom stereocenters. The third kappa shape index (κ3) is 4.12. The van der Waals surface area contributed by atoms with Crippen molar-refractivity contribution in [1.82, 2.24) is 0 Å². The molecule has 114 valence electrons. The lowest BCUT2D eigenvalue weighted by Crippen LogP contribution is -2.26. The van der Waals surface area contributed by atoms with Gasteiger partial charge >= 0.3 is 5.97 Å². The molecule has 0 saturated heterocycles. The zero-order valence-corrected chi connectivity index (χ0v) is 12.4. The van der Waals surface area contributed by atoms with Crippen LogP contribution in [0, 0.1) is 0 Å². The molecule has 0 saturated carbocycles. The van der Waals surface area contributed by atoms with E-state index in [2.05, 4.69) is 0 Å². The van der Waals surface area contributed by atoms with E-state index in [1.165, 1.54) is 0 Å². The summed E-state index contributed by atoms with van der Waals surface area (Å²) >= 11 is 0. The van der Waals surface area contributed by atoms with Crippen molar-refractivity contribution < 1.29 is 14.6 Å². The van der Waals surface area contributed by atoms with E-state index in [0.29, 0.717) is 17.9 Å². The maximum Gasteiger partial charge on any atom is 0.344 e. The Balaban J connectivity index is 2.20. The van der Waals surface area contributed by atoms with E-state index in [1.54, 1.807) is 13.0 Å². The number of hydrogen-bond donors (Lipinski definition) is 2. The molecule has 0 aliphatic carbocycles. The molecule has 0 aliphatic heterocycles. The third-order valence-electron chi connectivity index (χ3n) is 3.23.